The molecule has 0 bridgehead atoms. The number of nitrogens with one attached hydrogen (secondary N) is 2. The van der Waals surface area contributed by atoms with Gasteiger partial charge < -0.3 is 14.8 Å². The molecule has 6 nitrogen and oxygen atoms in total. The Balaban J connectivity index is 2.07. The Morgan fingerprint density at radius 1 is 1.29 bits per heavy atom. The molecule has 0 aliphatic heterocycles. The predicted molar refractivity (Wildman–Crippen MR) is 80.5 cm³/mol. The molecule has 0 spiro atoms. The van der Waals surface area contributed by atoms with Crippen molar-refractivity contribution >= 4 is 34.9 Å². The number of carbonyl (C=O) groups is 2. The van der Waals surface area contributed by atoms with E-state index in [9.17, 15) is 9.59 Å². The zero-order chi connectivity index (χ0) is 15.4. The lowest BCUT2D eigenvalue weighted by Gasteiger charge is -2.11. The third-order valence-electron chi connectivity index (χ3n) is 2.70. The maximum Gasteiger partial charge on any atom is 0.335 e. The van der Waals surface area contributed by atoms with Gasteiger partial charge in [0.15, 0.2) is 10.9 Å². The highest BCUT2D eigenvalue weighted by Crippen LogP contribution is 2.17. The summed E-state index contributed by atoms with van der Waals surface area (Å²) in [6.07, 6.45) is 1.38. The number of furan rings is 1. The molecule has 2 aromatic rings. The van der Waals surface area contributed by atoms with Gasteiger partial charge in [-0.2, -0.15) is 0 Å². The van der Waals surface area contributed by atoms with E-state index in [1.54, 1.807) is 19.1 Å². The molecule has 0 atom stereocenters. The van der Waals surface area contributed by atoms with Crippen LogP contribution in [0.3, 0.4) is 0 Å². The van der Waals surface area contributed by atoms with E-state index >= 15 is 0 Å². The van der Waals surface area contributed by atoms with Crippen molar-refractivity contribution in [1.82, 2.24) is 5.32 Å². The highest BCUT2D eigenvalue weighted by Gasteiger charge is 2.12. The van der Waals surface area contributed by atoms with Gasteiger partial charge >= 0.3 is 5.97 Å². The minimum Gasteiger partial charge on any atom is -0.478 e. The van der Waals surface area contributed by atoms with Gasteiger partial charge in [-0.15, -0.1) is 0 Å². The number of aryl methyl sites for hydroxylation is 1. The molecule has 21 heavy (non-hydrogen) atoms. The Bertz CT molecular complexity index is 695. The van der Waals surface area contributed by atoms with Crippen LogP contribution in [0.15, 0.2) is 41.0 Å². The minimum atomic E-state index is -1.04. The number of carboxylic acids is 1. The van der Waals surface area contributed by atoms with Crippen LogP contribution in [0.4, 0.5) is 5.69 Å². The number of aromatic carboxylic acids is 1. The molecular formula is C14H12N2O4S. The van der Waals surface area contributed by atoms with Crippen LogP contribution in [0, 0.1) is 6.92 Å². The molecule has 0 unspecified atom stereocenters. The summed E-state index contributed by atoms with van der Waals surface area (Å²) in [6.45, 7) is 1.80. The van der Waals surface area contributed by atoms with Crippen LogP contribution in [0.1, 0.15) is 26.5 Å². The molecule has 0 radical (unpaired) electrons. The Labute approximate surface area is 125 Å². The first kappa shape index (κ1) is 14.7. The SMILES string of the molecule is Cc1ccc(C(=O)O)cc1NC(=S)NC(=O)c1ccco1. The second-order valence-corrected chi connectivity index (χ2v) is 4.63. The van der Waals surface area contributed by atoms with Gasteiger partial charge in [-0.3, -0.25) is 10.1 Å². The summed E-state index contributed by atoms with van der Waals surface area (Å²) in [6, 6.07) is 7.69. The van der Waals surface area contributed by atoms with Crippen LogP contribution < -0.4 is 10.6 Å². The average Bonchev–Trinajstić information content (AvgIpc) is 2.95. The van der Waals surface area contributed by atoms with Gasteiger partial charge in [0.05, 0.1) is 11.8 Å². The molecule has 0 saturated heterocycles. The highest BCUT2D eigenvalue weighted by molar-refractivity contribution is 7.80. The predicted octanol–water partition coefficient (Wildman–Crippen LogP) is 2.41. The van der Waals surface area contributed by atoms with Crippen molar-refractivity contribution in [3.63, 3.8) is 0 Å². The third-order valence-corrected chi connectivity index (χ3v) is 2.91. The van der Waals surface area contributed by atoms with E-state index in [4.69, 9.17) is 21.7 Å². The van der Waals surface area contributed by atoms with Crippen molar-refractivity contribution in [3.05, 3.63) is 53.5 Å². The Morgan fingerprint density at radius 2 is 2.05 bits per heavy atom. The van der Waals surface area contributed by atoms with Gasteiger partial charge in [-0.05, 0) is 49.0 Å². The molecule has 1 aromatic heterocycles. The number of rotatable bonds is 3. The van der Waals surface area contributed by atoms with E-state index in [-0.39, 0.29) is 16.4 Å². The molecule has 1 amide bonds. The molecule has 2 rings (SSSR count). The molecule has 0 fully saturated rings. The van der Waals surface area contributed by atoms with Crippen LogP contribution in [0.5, 0.6) is 0 Å². The summed E-state index contributed by atoms with van der Waals surface area (Å²) >= 11 is 5.02. The zero-order valence-electron chi connectivity index (χ0n) is 11.0. The molecular weight excluding hydrogens is 292 g/mol. The first-order valence-electron chi connectivity index (χ1n) is 5.97. The van der Waals surface area contributed by atoms with Crippen molar-refractivity contribution in [2.75, 3.05) is 5.32 Å². The van der Waals surface area contributed by atoms with E-state index in [0.29, 0.717) is 5.69 Å². The van der Waals surface area contributed by atoms with Crippen LogP contribution in [0.25, 0.3) is 0 Å². The van der Waals surface area contributed by atoms with Gasteiger partial charge in [0.25, 0.3) is 5.91 Å². The van der Waals surface area contributed by atoms with Crippen molar-refractivity contribution in [1.29, 1.82) is 0 Å². The number of amides is 1. The van der Waals surface area contributed by atoms with Crippen molar-refractivity contribution in [3.8, 4) is 0 Å². The van der Waals surface area contributed by atoms with Gasteiger partial charge in [0.2, 0.25) is 0 Å². The summed E-state index contributed by atoms with van der Waals surface area (Å²) < 4.78 is 4.94. The summed E-state index contributed by atoms with van der Waals surface area (Å²) in [5.41, 5.74) is 1.44. The van der Waals surface area contributed by atoms with E-state index < -0.39 is 11.9 Å². The maximum absolute atomic E-state index is 11.7. The van der Waals surface area contributed by atoms with Crippen LogP contribution >= 0.6 is 12.2 Å². The lowest BCUT2D eigenvalue weighted by molar-refractivity contribution is 0.0696. The largest absolute Gasteiger partial charge is 0.478 e. The molecule has 3 N–H and O–H groups in total. The van der Waals surface area contributed by atoms with Crippen molar-refractivity contribution in [2.45, 2.75) is 6.92 Å². The maximum atomic E-state index is 11.7. The smallest absolute Gasteiger partial charge is 0.335 e. The Hall–Kier alpha value is -2.67. The topological polar surface area (TPSA) is 91.6 Å². The number of carbonyl (C=O) groups excluding carboxylic acids is 1. The fourth-order valence-corrected chi connectivity index (χ4v) is 1.82. The van der Waals surface area contributed by atoms with Gasteiger partial charge in [0, 0.05) is 5.69 Å². The molecule has 7 heteroatoms. The van der Waals surface area contributed by atoms with Gasteiger partial charge in [-0.1, -0.05) is 6.07 Å². The summed E-state index contributed by atoms with van der Waals surface area (Å²) in [5, 5.41) is 14.3. The first-order valence-corrected chi connectivity index (χ1v) is 6.38. The normalized spacial score (nSPS) is 9.95. The number of carboxylic acid groups (broad SMARTS) is 1. The zero-order valence-corrected chi connectivity index (χ0v) is 11.9. The average molecular weight is 304 g/mol. The van der Waals surface area contributed by atoms with E-state index in [0.717, 1.165) is 5.56 Å². The summed E-state index contributed by atoms with van der Waals surface area (Å²) in [7, 11) is 0. The third kappa shape index (κ3) is 3.67. The Morgan fingerprint density at radius 3 is 2.67 bits per heavy atom. The van der Waals surface area contributed by atoms with E-state index in [1.165, 1.54) is 24.5 Å². The fourth-order valence-electron chi connectivity index (χ4n) is 1.62. The van der Waals surface area contributed by atoms with Crippen molar-refractivity contribution in [2.24, 2.45) is 0 Å². The standard InChI is InChI=1S/C14H12N2O4S/c1-8-4-5-9(13(18)19)7-10(8)15-14(21)16-12(17)11-3-2-6-20-11/h2-7H,1H3,(H,18,19)(H2,15,16,17,21). The van der Waals surface area contributed by atoms with Crippen LogP contribution in [-0.2, 0) is 0 Å². The monoisotopic (exact) mass is 304 g/mol. The first-order chi connectivity index (χ1) is 9.97. The molecule has 0 aliphatic carbocycles. The lowest BCUT2D eigenvalue weighted by atomic mass is 10.1. The van der Waals surface area contributed by atoms with Crippen molar-refractivity contribution < 1.29 is 19.1 Å². The lowest BCUT2D eigenvalue weighted by Crippen LogP contribution is -2.34. The van der Waals surface area contributed by atoms with Gasteiger partial charge in [0.1, 0.15) is 0 Å². The van der Waals surface area contributed by atoms with Crippen LogP contribution in [0.2, 0.25) is 0 Å². The number of anilines is 1. The van der Waals surface area contributed by atoms with E-state index in [1.807, 2.05) is 0 Å². The number of benzene rings is 1. The van der Waals surface area contributed by atoms with E-state index in [2.05, 4.69) is 10.6 Å². The molecule has 108 valence electrons. The quantitative estimate of drug-likeness (QED) is 0.754. The molecule has 1 aromatic carbocycles. The number of thiocarbonyl (C=S) groups is 1. The minimum absolute atomic E-state index is 0.0574. The van der Waals surface area contributed by atoms with Gasteiger partial charge in [-0.25, -0.2) is 4.79 Å². The fraction of sp³-hybridized carbons (Fsp3) is 0.0714. The summed E-state index contributed by atoms with van der Waals surface area (Å²) in [5.74, 6) is -1.39. The molecule has 1 heterocycles. The summed E-state index contributed by atoms with van der Waals surface area (Å²) in [4.78, 5) is 22.7. The molecule has 0 saturated carbocycles. The second kappa shape index (κ2) is 6.19. The number of hydrogen-bond acceptors (Lipinski definition) is 4. The molecule has 0 aliphatic rings. The van der Waals surface area contributed by atoms with Crippen LogP contribution in [-0.4, -0.2) is 22.1 Å². The highest BCUT2D eigenvalue weighted by atomic mass is 32.1. The second-order valence-electron chi connectivity index (χ2n) is 4.22. The number of hydrogen-bond donors (Lipinski definition) is 3. The Kier molecular flexibility index (Phi) is 4.34.